The highest BCUT2D eigenvalue weighted by Crippen LogP contribution is 2.46. The van der Waals surface area contributed by atoms with Crippen LogP contribution in [0, 0.1) is 17.8 Å². The maximum absolute atomic E-state index is 11.5. The van der Waals surface area contributed by atoms with Gasteiger partial charge in [-0.2, -0.15) is 0 Å². The summed E-state index contributed by atoms with van der Waals surface area (Å²) in [5.74, 6) is -0.681. The fraction of sp³-hybridized carbons (Fsp3) is 0.385. The first kappa shape index (κ1) is 13.2. The molecular formula is C13H15BrN4O2. The third kappa shape index (κ3) is 1.93. The number of nitrogens with one attached hydrogen (secondary N) is 1. The van der Waals surface area contributed by atoms with Crippen molar-refractivity contribution in [1.29, 1.82) is 0 Å². The second-order valence-corrected chi connectivity index (χ2v) is 6.12. The zero-order chi connectivity index (χ0) is 14.4. The van der Waals surface area contributed by atoms with E-state index in [-0.39, 0.29) is 23.7 Å². The first-order chi connectivity index (χ1) is 9.49. The number of nitrogens with two attached hydrogens (primary N) is 2. The predicted octanol–water partition coefficient (Wildman–Crippen LogP) is 1.70. The van der Waals surface area contributed by atoms with Gasteiger partial charge in [0, 0.05) is 12.2 Å². The molecule has 7 heteroatoms. The van der Waals surface area contributed by atoms with Gasteiger partial charge in [-0.25, -0.2) is 4.98 Å². The molecule has 1 heterocycles. The smallest absolute Gasteiger partial charge is 0.309 e. The lowest BCUT2D eigenvalue weighted by Crippen LogP contribution is -2.38. The van der Waals surface area contributed by atoms with E-state index in [0.717, 1.165) is 6.42 Å². The monoisotopic (exact) mass is 338 g/mol. The van der Waals surface area contributed by atoms with E-state index in [0.29, 0.717) is 15.8 Å². The van der Waals surface area contributed by atoms with Gasteiger partial charge in [0.2, 0.25) is 0 Å². The molecule has 2 aliphatic carbocycles. The Morgan fingerprint density at radius 3 is 2.80 bits per heavy atom. The van der Waals surface area contributed by atoms with Crippen LogP contribution in [0.5, 0.6) is 0 Å². The number of hydrogen-bond donors (Lipinski definition) is 4. The Morgan fingerprint density at radius 2 is 2.10 bits per heavy atom. The van der Waals surface area contributed by atoms with Crippen LogP contribution in [0.25, 0.3) is 0 Å². The van der Waals surface area contributed by atoms with E-state index < -0.39 is 11.9 Å². The fourth-order valence-electron chi connectivity index (χ4n) is 3.19. The lowest BCUT2D eigenvalue weighted by atomic mass is 9.89. The molecule has 1 saturated carbocycles. The van der Waals surface area contributed by atoms with Gasteiger partial charge in [0.15, 0.2) is 0 Å². The lowest BCUT2D eigenvalue weighted by Gasteiger charge is -2.28. The van der Waals surface area contributed by atoms with Crippen LogP contribution in [0.4, 0.5) is 17.2 Å². The summed E-state index contributed by atoms with van der Waals surface area (Å²) in [4.78, 5) is 15.4. The Kier molecular flexibility index (Phi) is 3.08. The molecule has 2 bridgehead atoms. The Labute approximate surface area is 124 Å². The number of allylic oxidation sites excluding steroid dienone is 1. The fourth-order valence-corrected chi connectivity index (χ4v) is 3.62. The van der Waals surface area contributed by atoms with E-state index >= 15 is 0 Å². The van der Waals surface area contributed by atoms with Crippen molar-refractivity contribution in [3.63, 3.8) is 0 Å². The minimum atomic E-state index is -0.781. The topological polar surface area (TPSA) is 114 Å². The number of carbonyl (C=O) groups is 1. The zero-order valence-corrected chi connectivity index (χ0v) is 12.2. The van der Waals surface area contributed by atoms with Gasteiger partial charge in [-0.05, 0) is 34.2 Å². The molecule has 0 spiro atoms. The number of rotatable bonds is 3. The van der Waals surface area contributed by atoms with Crippen molar-refractivity contribution in [1.82, 2.24) is 4.98 Å². The highest BCUT2D eigenvalue weighted by atomic mass is 79.9. The van der Waals surface area contributed by atoms with E-state index in [4.69, 9.17) is 11.5 Å². The van der Waals surface area contributed by atoms with Crippen LogP contribution in [0.3, 0.4) is 0 Å². The third-order valence-electron chi connectivity index (χ3n) is 4.16. The van der Waals surface area contributed by atoms with Gasteiger partial charge >= 0.3 is 5.97 Å². The minimum Gasteiger partial charge on any atom is -0.481 e. The number of nitrogens with zero attached hydrogens (tertiary/aromatic N) is 1. The Balaban J connectivity index is 1.93. The van der Waals surface area contributed by atoms with E-state index in [2.05, 4.69) is 32.3 Å². The minimum absolute atomic E-state index is 0.0918. The molecule has 6 nitrogen and oxygen atoms in total. The number of anilines is 3. The highest BCUT2D eigenvalue weighted by Gasteiger charge is 2.48. The molecular weight excluding hydrogens is 324 g/mol. The second-order valence-electron chi connectivity index (χ2n) is 5.26. The molecule has 0 aromatic carbocycles. The number of nitrogen functional groups attached to an aromatic ring is 2. The van der Waals surface area contributed by atoms with Crippen LogP contribution < -0.4 is 16.8 Å². The van der Waals surface area contributed by atoms with Crippen LogP contribution in [-0.4, -0.2) is 22.1 Å². The molecule has 20 heavy (non-hydrogen) atoms. The van der Waals surface area contributed by atoms with Crippen LogP contribution >= 0.6 is 15.9 Å². The maximum atomic E-state index is 11.5. The molecule has 0 radical (unpaired) electrons. The van der Waals surface area contributed by atoms with Crippen molar-refractivity contribution >= 4 is 39.1 Å². The van der Waals surface area contributed by atoms with Crippen molar-refractivity contribution in [3.8, 4) is 0 Å². The quantitative estimate of drug-likeness (QED) is 0.623. The summed E-state index contributed by atoms with van der Waals surface area (Å²) in [5.41, 5.74) is 12.6. The second kappa shape index (κ2) is 4.66. The van der Waals surface area contributed by atoms with Crippen LogP contribution in [0.1, 0.15) is 6.42 Å². The maximum Gasteiger partial charge on any atom is 0.309 e. The number of aromatic nitrogens is 1. The largest absolute Gasteiger partial charge is 0.481 e. The van der Waals surface area contributed by atoms with Crippen molar-refractivity contribution in [2.45, 2.75) is 12.5 Å². The molecule has 4 atom stereocenters. The molecule has 6 N–H and O–H groups in total. The predicted molar refractivity (Wildman–Crippen MR) is 80.0 cm³/mol. The molecule has 1 aromatic heterocycles. The van der Waals surface area contributed by atoms with Crippen LogP contribution in [0.15, 0.2) is 22.8 Å². The number of hydrogen-bond acceptors (Lipinski definition) is 5. The molecule has 106 valence electrons. The van der Waals surface area contributed by atoms with Crippen molar-refractivity contribution in [2.24, 2.45) is 17.8 Å². The molecule has 3 rings (SSSR count). The van der Waals surface area contributed by atoms with E-state index in [9.17, 15) is 9.90 Å². The first-order valence-corrected chi connectivity index (χ1v) is 7.15. The van der Waals surface area contributed by atoms with Gasteiger partial charge in [0.05, 0.1) is 21.8 Å². The Morgan fingerprint density at radius 1 is 1.40 bits per heavy atom. The highest BCUT2D eigenvalue weighted by molar-refractivity contribution is 9.10. The summed E-state index contributed by atoms with van der Waals surface area (Å²) in [5, 5.41) is 12.7. The van der Waals surface area contributed by atoms with Gasteiger partial charge in [-0.3, -0.25) is 4.79 Å². The normalized spacial score (nSPS) is 30.6. The molecule has 0 saturated heterocycles. The Hall–Kier alpha value is -1.76. The zero-order valence-electron chi connectivity index (χ0n) is 10.6. The number of fused-ring (bicyclic) bond motifs is 2. The number of carboxylic acids is 1. The number of halogens is 1. The number of pyridine rings is 1. The molecule has 2 aliphatic rings. The van der Waals surface area contributed by atoms with Gasteiger partial charge in [-0.15, -0.1) is 0 Å². The SMILES string of the molecule is Nc1ncc(Br)c(N[C@H]2[C@@H](C(=O)O)[C@@H]3C=C[C@H]2C3)c1N. The molecule has 1 aromatic rings. The average Bonchev–Trinajstić information content (AvgIpc) is 2.99. The standard InChI is InChI=1S/C13H15BrN4O2/c14-7-4-17-12(16)9(15)11(7)18-10-6-2-1-5(3-6)8(10)13(19)20/h1-2,4-6,8,10H,3,15H2,(H,19,20)(H3,16,17,18)/t5-,6+,8+,10-/m1/s1. The molecule has 0 unspecified atom stereocenters. The summed E-state index contributed by atoms with van der Waals surface area (Å²) in [6.45, 7) is 0. The summed E-state index contributed by atoms with van der Waals surface area (Å²) in [6.07, 6.45) is 6.51. The average molecular weight is 339 g/mol. The molecule has 1 fully saturated rings. The summed E-state index contributed by atoms with van der Waals surface area (Å²) in [7, 11) is 0. The van der Waals surface area contributed by atoms with Crippen LogP contribution in [-0.2, 0) is 4.79 Å². The van der Waals surface area contributed by atoms with E-state index in [1.165, 1.54) is 0 Å². The van der Waals surface area contributed by atoms with Crippen molar-refractivity contribution in [2.75, 3.05) is 16.8 Å². The van der Waals surface area contributed by atoms with Gasteiger partial charge in [-0.1, -0.05) is 12.2 Å². The van der Waals surface area contributed by atoms with Crippen molar-refractivity contribution in [3.05, 3.63) is 22.8 Å². The summed E-state index contributed by atoms with van der Waals surface area (Å²) in [6, 6.07) is -0.178. The van der Waals surface area contributed by atoms with Gasteiger partial charge in [0.1, 0.15) is 5.82 Å². The van der Waals surface area contributed by atoms with Gasteiger partial charge in [0.25, 0.3) is 0 Å². The lowest BCUT2D eigenvalue weighted by molar-refractivity contribution is -0.142. The molecule has 0 amide bonds. The Bertz CT molecular complexity index is 604. The van der Waals surface area contributed by atoms with E-state index in [1.54, 1.807) is 6.20 Å². The third-order valence-corrected chi connectivity index (χ3v) is 4.76. The van der Waals surface area contributed by atoms with E-state index in [1.807, 2.05) is 6.08 Å². The van der Waals surface area contributed by atoms with Crippen LogP contribution in [0.2, 0.25) is 0 Å². The summed E-state index contributed by atoms with van der Waals surface area (Å²) < 4.78 is 0.681. The number of carboxylic acid groups (broad SMARTS) is 1. The first-order valence-electron chi connectivity index (χ1n) is 6.36. The summed E-state index contributed by atoms with van der Waals surface area (Å²) >= 11 is 3.37. The number of aliphatic carboxylic acids is 1. The van der Waals surface area contributed by atoms with Gasteiger partial charge < -0.3 is 21.9 Å². The molecule has 0 aliphatic heterocycles. The van der Waals surface area contributed by atoms with Crippen molar-refractivity contribution < 1.29 is 9.90 Å².